The molecule has 0 heterocycles. The topological polar surface area (TPSA) is 29.4 Å². The molecule has 0 aliphatic rings. The zero-order chi connectivity index (χ0) is 5.91. The van der Waals surface area contributed by atoms with E-state index in [2.05, 4.69) is 4.36 Å². The fourth-order valence-electron chi connectivity index (χ4n) is 0.129. The van der Waals surface area contributed by atoms with Gasteiger partial charge in [-0.25, -0.2) is 4.36 Å². The van der Waals surface area contributed by atoms with E-state index < -0.39 is 9.73 Å². The fourth-order valence-corrected chi connectivity index (χ4v) is 0.387. The van der Waals surface area contributed by atoms with E-state index in [-0.39, 0.29) is 0 Å². The normalized spacial score (nSPS) is 18.1. The Morgan fingerprint density at radius 2 is 2.14 bits per heavy atom. The monoisotopic (exact) mass is 121 g/mol. The number of hydrogen-bond donors (Lipinski definition) is 0. The molecular weight excluding hydrogens is 110 g/mol. The van der Waals surface area contributed by atoms with Crippen molar-refractivity contribution < 1.29 is 4.21 Å². The van der Waals surface area contributed by atoms with E-state index in [1.54, 1.807) is 13.3 Å². The van der Waals surface area contributed by atoms with Crippen molar-refractivity contribution in [3.8, 4) is 0 Å². The van der Waals surface area contributed by atoms with Gasteiger partial charge in [0.15, 0.2) is 0 Å². The first-order chi connectivity index (χ1) is 3.12. The predicted molar refractivity (Wildman–Crippen MR) is 33.0 cm³/mol. The average Bonchev–Trinajstić information content (AvgIpc) is 1.68. The molecule has 0 saturated carbocycles. The molecule has 44 valence electrons. The molecule has 0 aromatic carbocycles. The van der Waals surface area contributed by atoms with Gasteiger partial charge in [-0.15, -0.1) is 0 Å². The molecule has 7 heavy (non-hydrogen) atoms. The highest BCUT2D eigenvalue weighted by Gasteiger charge is 1.88. The molecule has 0 rings (SSSR count). The lowest BCUT2D eigenvalue weighted by molar-refractivity contribution is 0.681. The van der Waals surface area contributed by atoms with Gasteiger partial charge in [-0.05, 0) is 0 Å². The highest BCUT2D eigenvalue weighted by molar-refractivity contribution is 7.92. The first kappa shape index (κ1) is 6.95. The maximum Gasteiger partial charge on any atom is 0.0433 e. The van der Waals surface area contributed by atoms with E-state index in [1.807, 2.05) is 6.92 Å². The lowest BCUT2D eigenvalue weighted by Crippen LogP contribution is -1.97. The van der Waals surface area contributed by atoms with Crippen LogP contribution < -0.4 is 0 Å². The van der Waals surface area contributed by atoms with Crippen LogP contribution in [0.5, 0.6) is 0 Å². The lowest BCUT2D eigenvalue weighted by atomic mass is 11.0. The summed E-state index contributed by atoms with van der Waals surface area (Å²) in [5.74, 6) is 0.656. The van der Waals surface area contributed by atoms with Crippen LogP contribution in [0.4, 0.5) is 0 Å². The molecule has 0 spiro atoms. The molecule has 0 bridgehead atoms. The second-order valence-corrected chi connectivity index (χ2v) is 4.29. The summed E-state index contributed by atoms with van der Waals surface area (Å²) in [6.07, 6.45) is 1.66. The highest BCUT2D eigenvalue weighted by Crippen LogP contribution is 1.84. The van der Waals surface area contributed by atoms with E-state index in [0.717, 1.165) is 0 Å². The molecule has 0 radical (unpaired) electrons. The molecule has 0 fully saturated rings. The molecule has 1 unspecified atom stereocenters. The smallest absolute Gasteiger partial charge is 0.0433 e. The van der Waals surface area contributed by atoms with Crippen molar-refractivity contribution >= 4 is 9.73 Å². The quantitative estimate of drug-likeness (QED) is 0.503. The van der Waals surface area contributed by atoms with Crippen LogP contribution in [0, 0.1) is 0 Å². The van der Waals surface area contributed by atoms with Crippen LogP contribution in [-0.4, -0.2) is 23.3 Å². The van der Waals surface area contributed by atoms with Crippen LogP contribution in [0.15, 0.2) is 4.36 Å². The predicted octanol–water partition coefficient (Wildman–Crippen LogP) is 0.734. The van der Waals surface area contributed by atoms with Gasteiger partial charge in [-0.3, -0.25) is 4.21 Å². The third-order valence-corrected chi connectivity index (χ3v) is 2.77. The molecule has 0 aromatic heterocycles. The second-order valence-electron chi connectivity index (χ2n) is 1.43. The first-order valence-corrected chi connectivity index (χ1v) is 4.29. The van der Waals surface area contributed by atoms with E-state index in [1.165, 1.54) is 0 Å². The molecule has 0 aliphatic heterocycles. The molecule has 0 amide bonds. The van der Waals surface area contributed by atoms with Crippen molar-refractivity contribution in [1.29, 1.82) is 0 Å². The maximum atomic E-state index is 10.8. The first-order valence-electron chi connectivity index (χ1n) is 2.20. The standard InChI is InChI=1S/C4H11NOS/c1-4-7(3,6)5-2/h4H2,1-3H3. The van der Waals surface area contributed by atoms with Crippen LogP contribution in [0.1, 0.15) is 6.92 Å². The van der Waals surface area contributed by atoms with Crippen LogP contribution in [-0.2, 0) is 9.73 Å². The summed E-state index contributed by atoms with van der Waals surface area (Å²) < 4.78 is 14.4. The molecule has 0 saturated heterocycles. The minimum atomic E-state index is -1.78. The maximum absolute atomic E-state index is 10.8. The van der Waals surface area contributed by atoms with Gasteiger partial charge in [0, 0.05) is 28.8 Å². The van der Waals surface area contributed by atoms with E-state index in [0.29, 0.717) is 5.75 Å². The summed E-state index contributed by atoms with van der Waals surface area (Å²) in [7, 11) is -0.193. The van der Waals surface area contributed by atoms with Crippen LogP contribution in [0.3, 0.4) is 0 Å². The van der Waals surface area contributed by atoms with Gasteiger partial charge in [0.2, 0.25) is 0 Å². The summed E-state index contributed by atoms with van der Waals surface area (Å²) in [6.45, 7) is 1.87. The van der Waals surface area contributed by atoms with Gasteiger partial charge in [-0.2, -0.15) is 0 Å². The minimum absolute atomic E-state index is 0.656. The Kier molecular flexibility index (Phi) is 2.29. The molecule has 1 atom stereocenters. The molecule has 0 N–H and O–H groups in total. The van der Waals surface area contributed by atoms with Gasteiger partial charge in [0.05, 0.1) is 0 Å². The van der Waals surface area contributed by atoms with Crippen molar-refractivity contribution in [1.82, 2.24) is 0 Å². The number of hydrogen-bond acceptors (Lipinski definition) is 2. The largest absolute Gasteiger partial charge is 0.250 e. The third kappa shape index (κ3) is 2.62. The van der Waals surface area contributed by atoms with Crippen molar-refractivity contribution in [3.05, 3.63) is 0 Å². The van der Waals surface area contributed by atoms with Gasteiger partial charge in [0.25, 0.3) is 0 Å². The van der Waals surface area contributed by atoms with Crippen molar-refractivity contribution in [2.45, 2.75) is 6.92 Å². The molecule has 3 heteroatoms. The Bertz CT molecular complexity index is 144. The highest BCUT2D eigenvalue weighted by atomic mass is 32.2. The number of nitrogens with zero attached hydrogens (tertiary/aromatic N) is 1. The fraction of sp³-hybridized carbons (Fsp3) is 1.00. The van der Waals surface area contributed by atoms with Crippen molar-refractivity contribution in [2.24, 2.45) is 4.36 Å². The van der Waals surface area contributed by atoms with E-state index in [9.17, 15) is 4.21 Å². The summed E-state index contributed by atoms with van der Waals surface area (Å²) in [5.41, 5.74) is 0. The van der Waals surface area contributed by atoms with Crippen LogP contribution in [0.2, 0.25) is 0 Å². The second kappa shape index (κ2) is 2.31. The Balaban J connectivity index is 4.17. The molecular formula is C4H11NOS. The van der Waals surface area contributed by atoms with E-state index in [4.69, 9.17) is 0 Å². The Morgan fingerprint density at radius 3 is 2.14 bits per heavy atom. The third-order valence-electron chi connectivity index (χ3n) is 0.922. The summed E-state index contributed by atoms with van der Waals surface area (Å²) in [6, 6.07) is 0. The molecule has 0 aliphatic carbocycles. The zero-order valence-corrected chi connectivity index (χ0v) is 5.79. The van der Waals surface area contributed by atoms with Gasteiger partial charge >= 0.3 is 0 Å². The Labute approximate surface area is 45.1 Å². The summed E-state index contributed by atoms with van der Waals surface area (Å²) >= 11 is 0. The molecule has 0 aromatic rings. The Hall–Kier alpha value is -0.0500. The van der Waals surface area contributed by atoms with Crippen LogP contribution in [0.25, 0.3) is 0 Å². The average molecular weight is 121 g/mol. The van der Waals surface area contributed by atoms with Gasteiger partial charge in [-0.1, -0.05) is 6.92 Å². The number of rotatable bonds is 1. The summed E-state index contributed by atoms with van der Waals surface area (Å²) in [4.78, 5) is 0. The minimum Gasteiger partial charge on any atom is -0.250 e. The van der Waals surface area contributed by atoms with Gasteiger partial charge in [0.1, 0.15) is 0 Å². The lowest BCUT2D eigenvalue weighted by Gasteiger charge is -1.91. The van der Waals surface area contributed by atoms with Gasteiger partial charge < -0.3 is 0 Å². The van der Waals surface area contributed by atoms with Crippen molar-refractivity contribution in [3.63, 3.8) is 0 Å². The van der Waals surface area contributed by atoms with E-state index >= 15 is 0 Å². The Morgan fingerprint density at radius 1 is 1.71 bits per heavy atom. The van der Waals surface area contributed by atoms with Crippen molar-refractivity contribution in [2.75, 3.05) is 19.1 Å². The summed E-state index contributed by atoms with van der Waals surface area (Å²) in [5, 5.41) is 0. The van der Waals surface area contributed by atoms with Crippen LogP contribution >= 0.6 is 0 Å². The SMILES string of the molecule is CCS(C)(=O)=NC. The zero-order valence-electron chi connectivity index (χ0n) is 4.97. The molecule has 2 nitrogen and oxygen atoms in total.